The second-order valence-electron chi connectivity index (χ2n) is 5.97. The van der Waals surface area contributed by atoms with Gasteiger partial charge < -0.3 is 15.0 Å². The van der Waals surface area contributed by atoms with Gasteiger partial charge in [0.2, 0.25) is 0 Å². The molecule has 1 aromatic rings. The molecule has 2 atom stereocenters. The third kappa shape index (κ3) is 4.84. The zero-order chi connectivity index (χ0) is 15.9. The summed E-state index contributed by atoms with van der Waals surface area (Å²) in [7, 11) is 0. The lowest BCUT2D eigenvalue weighted by molar-refractivity contribution is -0.900. The van der Waals surface area contributed by atoms with E-state index in [0.717, 1.165) is 13.1 Å². The summed E-state index contributed by atoms with van der Waals surface area (Å²) in [6, 6.07) is 6.81. The van der Waals surface area contributed by atoms with Crippen LogP contribution in [0.1, 0.15) is 37.0 Å². The first kappa shape index (κ1) is 16.5. The van der Waals surface area contributed by atoms with E-state index in [1.54, 1.807) is 31.2 Å². The van der Waals surface area contributed by atoms with Crippen molar-refractivity contribution in [2.45, 2.75) is 26.7 Å². The quantitative estimate of drug-likeness (QED) is 0.801. The van der Waals surface area contributed by atoms with Crippen molar-refractivity contribution in [3.05, 3.63) is 29.8 Å². The maximum absolute atomic E-state index is 12.1. The van der Waals surface area contributed by atoms with Crippen molar-refractivity contribution in [3.8, 4) is 0 Å². The monoisotopic (exact) mass is 305 g/mol. The van der Waals surface area contributed by atoms with Crippen LogP contribution >= 0.6 is 0 Å². The molecular weight excluding hydrogens is 280 g/mol. The molecule has 2 N–H and O–H groups in total. The number of ether oxygens (including phenoxy) is 1. The molecule has 1 fully saturated rings. The number of anilines is 1. The predicted molar refractivity (Wildman–Crippen MR) is 85.0 cm³/mol. The van der Waals surface area contributed by atoms with Crippen molar-refractivity contribution in [1.82, 2.24) is 0 Å². The maximum Gasteiger partial charge on any atom is 0.338 e. The first-order valence-corrected chi connectivity index (χ1v) is 7.99. The van der Waals surface area contributed by atoms with Crippen molar-refractivity contribution in [3.63, 3.8) is 0 Å². The lowest BCUT2D eigenvalue weighted by atomic mass is 10.0. The molecule has 0 aromatic heterocycles. The van der Waals surface area contributed by atoms with Gasteiger partial charge in [0.1, 0.15) is 0 Å². The first-order chi connectivity index (χ1) is 10.6. The molecule has 0 saturated carbocycles. The highest BCUT2D eigenvalue weighted by Gasteiger charge is 2.21. The minimum Gasteiger partial charge on any atom is -0.462 e. The fourth-order valence-electron chi connectivity index (χ4n) is 2.89. The molecule has 5 heteroatoms. The lowest BCUT2D eigenvalue weighted by Gasteiger charge is -2.27. The Bertz CT molecular complexity index is 513. The van der Waals surface area contributed by atoms with Gasteiger partial charge in [-0.1, -0.05) is 6.92 Å². The van der Waals surface area contributed by atoms with Gasteiger partial charge in [0.05, 0.1) is 25.3 Å². The van der Waals surface area contributed by atoms with E-state index in [0.29, 0.717) is 30.3 Å². The predicted octanol–water partition coefficient (Wildman–Crippen LogP) is 1.12. The molecule has 0 bridgehead atoms. The third-order valence-electron chi connectivity index (χ3n) is 3.95. The van der Waals surface area contributed by atoms with E-state index in [1.165, 1.54) is 17.7 Å². The SMILES string of the molecule is CCOC(=O)c1ccc(NC(=O)C[NH+]2CCC[C@H](C)C2)cc1. The van der Waals surface area contributed by atoms with E-state index < -0.39 is 0 Å². The zero-order valence-corrected chi connectivity index (χ0v) is 13.4. The van der Waals surface area contributed by atoms with E-state index in [1.807, 2.05) is 0 Å². The molecule has 0 spiro atoms. The highest BCUT2D eigenvalue weighted by molar-refractivity contribution is 5.93. The van der Waals surface area contributed by atoms with Gasteiger partial charge in [0, 0.05) is 11.6 Å². The number of benzene rings is 1. The minimum atomic E-state index is -0.341. The number of esters is 1. The normalized spacial score (nSPS) is 21.2. The number of quaternary nitrogens is 1. The summed E-state index contributed by atoms with van der Waals surface area (Å²) in [5, 5.41) is 2.89. The summed E-state index contributed by atoms with van der Waals surface area (Å²) in [6.07, 6.45) is 2.46. The van der Waals surface area contributed by atoms with Gasteiger partial charge in [-0.05, 0) is 44.0 Å². The molecular formula is C17H25N2O3+. The van der Waals surface area contributed by atoms with Gasteiger partial charge in [0.25, 0.3) is 5.91 Å². The standard InChI is InChI=1S/C17H24N2O3/c1-3-22-17(21)14-6-8-15(9-7-14)18-16(20)12-19-10-4-5-13(2)11-19/h6-9,13H,3-5,10-12H2,1-2H3,(H,18,20)/p+1/t13-/m0/s1. The van der Waals surface area contributed by atoms with E-state index in [2.05, 4.69) is 12.2 Å². The Morgan fingerprint density at radius 1 is 1.32 bits per heavy atom. The van der Waals surface area contributed by atoms with Crippen molar-refractivity contribution < 1.29 is 19.2 Å². The van der Waals surface area contributed by atoms with Crippen molar-refractivity contribution >= 4 is 17.6 Å². The van der Waals surface area contributed by atoms with E-state index in [9.17, 15) is 9.59 Å². The molecule has 2 rings (SSSR count). The van der Waals surface area contributed by atoms with Crippen molar-refractivity contribution in [1.29, 1.82) is 0 Å². The molecule has 1 unspecified atom stereocenters. The van der Waals surface area contributed by atoms with Gasteiger partial charge >= 0.3 is 5.97 Å². The van der Waals surface area contributed by atoms with Crippen LogP contribution in [0, 0.1) is 5.92 Å². The molecule has 1 aromatic carbocycles. The van der Waals surface area contributed by atoms with Gasteiger partial charge in [-0.15, -0.1) is 0 Å². The summed E-state index contributed by atoms with van der Waals surface area (Å²) in [5.41, 5.74) is 1.21. The summed E-state index contributed by atoms with van der Waals surface area (Å²) < 4.78 is 4.93. The largest absolute Gasteiger partial charge is 0.462 e. The van der Waals surface area contributed by atoms with E-state index >= 15 is 0 Å². The topological polar surface area (TPSA) is 59.8 Å². The van der Waals surface area contributed by atoms with Crippen LogP contribution in [0.15, 0.2) is 24.3 Å². The lowest BCUT2D eigenvalue weighted by Crippen LogP contribution is -3.14. The Hall–Kier alpha value is -1.88. The first-order valence-electron chi connectivity index (χ1n) is 7.99. The van der Waals surface area contributed by atoms with Crippen LogP contribution in [0.25, 0.3) is 0 Å². The molecule has 0 radical (unpaired) electrons. The average molecular weight is 305 g/mol. The van der Waals surface area contributed by atoms with Gasteiger partial charge in [0.15, 0.2) is 6.54 Å². The van der Waals surface area contributed by atoms with E-state index in [4.69, 9.17) is 4.74 Å². The molecule has 0 aliphatic carbocycles. The minimum absolute atomic E-state index is 0.0213. The number of likely N-dealkylation sites (tertiary alicyclic amines) is 1. The van der Waals surface area contributed by atoms with Crippen LogP contribution in [0.3, 0.4) is 0 Å². The molecule has 120 valence electrons. The fourth-order valence-corrected chi connectivity index (χ4v) is 2.89. The highest BCUT2D eigenvalue weighted by atomic mass is 16.5. The highest BCUT2D eigenvalue weighted by Crippen LogP contribution is 2.10. The Balaban J connectivity index is 1.85. The Kier molecular flexibility index (Phi) is 5.95. The van der Waals surface area contributed by atoms with Crippen molar-refractivity contribution in [2.75, 3.05) is 31.6 Å². The maximum atomic E-state index is 12.1. The Labute approximate surface area is 131 Å². The Morgan fingerprint density at radius 2 is 2.05 bits per heavy atom. The molecule has 5 nitrogen and oxygen atoms in total. The van der Waals surface area contributed by atoms with Crippen LogP contribution < -0.4 is 10.2 Å². The van der Waals surface area contributed by atoms with Crippen LogP contribution in [0.5, 0.6) is 0 Å². The van der Waals surface area contributed by atoms with Crippen LogP contribution in [-0.4, -0.2) is 38.1 Å². The molecule has 22 heavy (non-hydrogen) atoms. The van der Waals surface area contributed by atoms with Gasteiger partial charge in [-0.2, -0.15) is 0 Å². The number of amides is 1. The van der Waals surface area contributed by atoms with Gasteiger partial charge in [-0.3, -0.25) is 4.79 Å². The van der Waals surface area contributed by atoms with E-state index in [-0.39, 0.29) is 11.9 Å². The summed E-state index contributed by atoms with van der Waals surface area (Å²) in [6.45, 7) is 7.01. The molecule has 1 aliphatic rings. The molecule has 1 amide bonds. The number of hydrogen-bond acceptors (Lipinski definition) is 3. The number of carbonyl (C=O) groups excluding carboxylic acids is 2. The van der Waals surface area contributed by atoms with Crippen molar-refractivity contribution in [2.24, 2.45) is 5.92 Å². The van der Waals surface area contributed by atoms with Crippen LogP contribution in [0.2, 0.25) is 0 Å². The van der Waals surface area contributed by atoms with Crippen LogP contribution in [0.4, 0.5) is 5.69 Å². The fraction of sp³-hybridized carbons (Fsp3) is 0.529. The Morgan fingerprint density at radius 3 is 2.68 bits per heavy atom. The molecule has 1 aliphatic heterocycles. The summed E-state index contributed by atoms with van der Waals surface area (Å²) in [5.74, 6) is 0.375. The number of hydrogen-bond donors (Lipinski definition) is 2. The second kappa shape index (κ2) is 7.94. The van der Waals surface area contributed by atoms with Crippen LogP contribution in [-0.2, 0) is 9.53 Å². The second-order valence-corrected chi connectivity index (χ2v) is 5.97. The zero-order valence-electron chi connectivity index (χ0n) is 13.4. The number of nitrogens with one attached hydrogen (secondary N) is 2. The average Bonchev–Trinajstić information content (AvgIpc) is 2.48. The van der Waals surface area contributed by atoms with Gasteiger partial charge in [-0.25, -0.2) is 4.79 Å². The number of carbonyl (C=O) groups is 2. The summed E-state index contributed by atoms with van der Waals surface area (Å²) >= 11 is 0. The third-order valence-corrected chi connectivity index (χ3v) is 3.95. The summed E-state index contributed by atoms with van der Waals surface area (Å²) in [4.78, 5) is 25.0. The number of rotatable bonds is 5. The molecule has 1 heterocycles. The molecule has 1 saturated heterocycles. The smallest absolute Gasteiger partial charge is 0.338 e. The number of piperidine rings is 1.